The summed E-state index contributed by atoms with van der Waals surface area (Å²) < 4.78 is 221. The number of Topliss-reactive ketones (excluding diaryl/α,β-unsaturated/α-hetero) is 1. The van der Waals surface area contributed by atoms with Gasteiger partial charge < -0.3 is 0 Å². The van der Waals surface area contributed by atoms with Crippen LogP contribution < -0.4 is 0 Å². The standard InChI is InChI=1S/C17F16O/c18-4-1-2(7(21)12(34)11(4)25)14(16(28,29)30,13(1)15(26,27)17(31,32)33)3-5(19)8(22)10(24)9(23)6(3)20. The summed E-state index contributed by atoms with van der Waals surface area (Å²) in [5.41, 5.74) is -19.3. The van der Waals surface area contributed by atoms with Gasteiger partial charge in [-0.1, -0.05) is 0 Å². The van der Waals surface area contributed by atoms with Gasteiger partial charge in [-0.05, 0) is 0 Å². The molecule has 0 aromatic heterocycles. The minimum Gasteiger partial charge on any atom is -0.283 e. The van der Waals surface area contributed by atoms with Gasteiger partial charge in [-0.25, -0.2) is 30.7 Å². The third-order valence-electron chi connectivity index (χ3n) is 4.96. The predicted molar refractivity (Wildman–Crippen MR) is 74.4 cm³/mol. The van der Waals surface area contributed by atoms with Crippen LogP contribution >= 0.6 is 0 Å². The van der Waals surface area contributed by atoms with E-state index in [4.69, 9.17) is 0 Å². The Bertz CT molecular complexity index is 1210. The van der Waals surface area contributed by atoms with E-state index in [0.717, 1.165) is 0 Å². The number of benzene rings is 1. The number of carbonyl (C=O) groups is 1. The second-order valence-corrected chi connectivity index (χ2v) is 6.66. The van der Waals surface area contributed by atoms with Gasteiger partial charge in [-0.3, -0.25) is 4.79 Å². The molecule has 0 heterocycles. The molecule has 0 saturated carbocycles. The Balaban J connectivity index is 2.74. The maximum absolute atomic E-state index is 14.3. The molecule has 2 aliphatic rings. The van der Waals surface area contributed by atoms with Crippen LogP contribution in [0.3, 0.4) is 0 Å². The average Bonchev–Trinajstić information content (AvgIpc) is 2.68. The van der Waals surface area contributed by atoms with Crippen molar-refractivity contribution in [3.8, 4) is 0 Å². The van der Waals surface area contributed by atoms with Crippen LogP contribution in [-0.2, 0) is 10.2 Å². The fourth-order valence-electron chi connectivity index (χ4n) is 3.62. The second kappa shape index (κ2) is 7.00. The fraction of sp³-hybridized carbons (Fsp3) is 0.235. The number of allylic oxidation sites excluding steroid dienone is 6. The molecule has 34 heavy (non-hydrogen) atoms. The normalized spacial score (nSPS) is 21.9. The minimum absolute atomic E-state index is 2.92. The number of carbonyl (C=O) groups excluding carboxylic acids is 1. The lowest BCUT2D eigenvalue weighted by molar-refractivity contribution is -0.278. The SMILES string of the molecule is O=C1C(F)=C(F)C2=C(C(F)(F)C(F)(F)F)C(c3c(F)c(F)c(F)c(F)c3F)(C(F)(F)F)C2=C1F. The molecule has 1 atom stereocenters. The number of halogens is 16. The van der Waals surface area contributed by atoms with Gasteiger partial charge in [-0.15, -0.1) is 0 Å². The van der Waals surface area contributed by atoms with E-state index >= 15 is 0 Å². The Hall–Kier alpha value is -3.01. The largest absolute Gasteiger partial charge is 0.457 e. The fourth-order valence-corrected chi connectivity index (χ4v) is 3.62. The van der Waals surface area contributed by atoms with Crippen molar-refractivity contribution < 1.29 is 75.0 Å². The molecule has 0 bridgehead atoms. The first-order chi connectivity index (χ1) is 15.2. The zero-order chi connectivity index (χ0) is 26.5. The van der Waals surface area contributed by atoms with E-state index in [1.54, 1.807) is 0 Å². The second-order valence-electron chi connectivity index (χ2n) is 6.66. The number of hydrogen-bond donors (Lipinski definition) is 0. The van der Waals surface area contributed by atoms with Crippen LogP contribution in [0.1, 0.15) is 5.56 Å². The number of ketones is 1. The van der Waals surface area contributed by atoms with E-state index in [1.807, 2.05) is 0 Å². The van der Waals surface area contributed by atoms with Crippen molar-refractivity contribution in [3.63, 3.8) is 0 Å². The lowest BCUT2D eigenvalue weighted by atomic mass is 9.52. The number of fused-ring (bicyclic) bond motifs is 1. The minimum atomic E-state index is -7.20. The van der Waals surface area contributed by atoms with Crippen LogP contribution in [0, 0.1) is 29.1 Å². The molecule has 0 radical (unpaired) electrons. The van der Waals surface area contributed by atoms with Gasteiger partial charge in [0, 0.05) is 16.7 Å². The number of hydrogen-bond acceptors (Lipinski definition) is 1. The molecular formula is C17F16O. The third-order valence-corrected chi connectivity index (χ3v) is 4.96. The average molecular weight is 524 g/mol. The molecule has 3 rings (SSSR count). The Kier molecular flexibility index (Phi) is 5.28. The van der Waals surface area contributed by atoms with E-state index in [9.17, 15) is 75.0 Å². The van der Waals surface area contributed by atoms with Crippen molar-refractivity contribution in [1.82, 2.24) is 0 Å². The number of alkyl halides is 8. The Morgan fingerprint density at radius 1 is 0.559 bits per heavy atom. The van der Waals surface area contributed by atoms with Crippen LogP contribution in [-0.4, -0.2) is 24.1 Å². The summed E-state index contributed by atoms with van der Waals surface area (Å²) in [4.78, 5) is 11.4. The van der Waals surface area contributed by atoms with Crippen LogP contribution in [0.2, 0.25) is 0 Å². The van der Waals surface area contributed by atoms with Gasteiger partial charge in [-0.2, -0.15) is 39.5 Å². The Morgan fingerprint density at radius 3 is 1.35 bits per heavy atom. The zero-order valence-electron chi connectivity index (χ0n) is 15.0. The van der Waals surface area contributed by atoms with E-state index in [0.29, 0.717) is 0 Å². The summed E-state index contributed by atoms with van der Waals surface area (Å²) in [5, 5.41) is 0. The van der Waals surface area contributed by atoms with E-state index < -0.39 is 98.3 Å². The van der Waals surface area contributed by atoms with E-state index in [-0.39, 0.29) is 0 Å². The van der Waals surface area contributed by atoms with Crippen LogP contribution in [0.4, 0.5) is 70.2 Å². The monoisotopic (exact) mass is 524 g/mol. The van der Waals surface area contributed by atoms with Gasteiger partial charge in [0.15, 0.2) is 40.3 Å². The molecule has 0 aliphatic heterocycles. The molecule has 186 valence electrons. The Morgan fingerprint density at radius 2 is 0.971 bits per heavy atom. The lowest BCUT2D eigenvalue weighted by Gasteiger charge is -2.51. The van der Waals surface area contributed by atoms with Crippen LogP contribution in [0.15, 0.2) is 34.2 Å². The lowest BCUT2D eigenvalue weighted by Crippen LogP contribution is -2.62. The molecule has 0 saturated heterocycles. The van der Waals surface area contributed by atoms with Crippen molar-refractivity contribution in [2.45, 2.75) is 23.7 Å². The predicted octanol–water partition coefficient (Wildman–Crippen LogP) is 6.65. The van der Waals surface area contributed by atoms with Gasteiger partial charge in [0.1, 0.15) is 0 Å². The molecule has 0 fully saturated rings. The highest BCUT2D eigenvalue weighted by atomic mass is 19.4. The van der Waals surface area contributed by atoms with E-state index in [2.05, 4.69) is 0 Å². The highest BCUT2D eigenvalue weighted by Gasteiger charge is 2.81. The summed E-state index contributed by atoms with van der Waals surface area (Å²) in [6.45, 7) is 0. The summed E-state index contributed by atoms with van der Waals surface area (Å²) in [5.74, 6) is -36.8. The highest BCUT2D eigenvalue weighted by molar-refractivity contribution is 6.10. The van der Waals surface area contributed by atoms with Crippen molar-refractivity contribution in [3.05, 3.63) is 68.8 Å². The molecule has 17 heteroatoms. The van der Waals surface area contributed by atoms with Gasteiger partial charge in [0.05, 0.1) is 5.56 Å². The first-order valence-corrected chi connectivity index (χ1v) is 7.98. The number of rotatable bonds is 2. The quantitative estimate of drug-likeness (QED) is 0.241. The molecule has 0 spiro atoms. The first-order valence-electron chi connectivity index (χ1n) is 7.98. The molecular weight excluding hydrogens is 524 g/mol. The summed E-state index contributed by atoms with van der Waals surface area (Å²) in [7, 11) is 0. The molecule has 1 unspecified atom stereocenters. The molecule has 2 aliphatic carbocycles. The molecule has 1 aromatic carbocycles. The van der Waals surface area contributed by atoms with Crippen molar-refractivity contribution in [1.29, 1.82) is 0 Å². The zero-order valence-corrected chi connectivity index (χ0v) is 15.0. The summed E-state index contributed by atoms with van der Waals surface area (Å²) in [6.07, 6.45) is -14.3. The molecule has 0 amide bonds. The van der Waals surface area contributed by atoms with Gasteiger partial charge in [0.25, 0.3) is 5.78 Å². The van der Waals surface area contributed by atoms with Crippen molar-refractivity contribution in [2.75, 3.05) is 0 Å². The van der Waals surface area contributed by atoms with Gasteiger partial charge >= 0.3 is 18.3 Å². The topological polar surface area (TPSA) is 17.1 Å². The molecule has 1 nitrogen and oxygen atoms in total. The van der Waals surface area contributed by atoms with Crippen LogP contribution in [0.25, 0.3) is 0 Å². The maximum atomic E-state index is 14.3. The summed E-state index contributed by atoms with van der Waals surface area (Å²) >= 11 is 0. The van der Waals surface area contributed by atoms with Crippen LogP contribution in [0.5, 0.6) is 0 Å². The van der Waals surface area contributed by atoms with Gasteiger partial charge in [0.2, 0.25) is 11.6 Å². The van der Waals surface area contributed by atoms with E-state index in [1.165, 1.54) is 0 Å². The Labute approximate surface area is 174 Å². The molecule has 1 aromatic rings. The first kappa shape index (κ1) is 25.6. The third kappa shape index (κ3) is 2.74. The highest BCUT2D eigenvalue weighted by Crippen LogP contribution is 2.71. The van der Waals surface area contributed by atoms with Crippen molar-refractivity contribution >= 4 is 5.78 Å². The molecule has 0 N–H and O–H groups in total. The van der Waals surface area contributed by atoms with Crippen molar-refractivity contribution in [2.24, 2.45) is 0 Å². The maximum Gasteiger partial charge on any atom is 0.457 e. The summed E-state index contributed by atoms with van der Waals surface area (Å²) in [6, 6.07) is 0. The smallest absolute Gasteiger partial charge is 0.283 e.